The quantitative estimate of drug-likeness (QED) is 0.320. The normalized spacial score (nSPS) is 17.2. The summed E-state index contributed by atoms with van der Waals surface area (Å²) in [4.78, 5) is 27.8. The molecule has 0 unspecified atom stereocenters. The number of nitrogens with zero attached hydrogens (tertiary/aromatic N) is 1. The Bertz CT molecular complexity index is 1030. The average Bonchev–Trinajstić information content (AvgIpc) is 3.11. The molecule has 2 aliphatic rings. The van der Waals surface area contributed by atoms with Crippen molar-refractivity contribution in [2.75, 3.05) is 18.0 Å². The first-order valence-corrected chi connectivity index (χ1v) is 11.7. The van der Waals surface area contributed by atoms with Crippen LogP contribution in [0, 0.1) is 12.8 Å². The van der Waals surface area contributed by atoms with Gasteiger partial charge in [0, 0.05) is 24.8 Å². The third-order valence-electron chi connectivity index (χ3n) is 6.42. The molecule has 2 aromatic rings. The molecular weight excluding hydrogens is 402 g/mol. The van der Waals surface area contributed by atoms with E-state index in [-0.39, 0.29) is 23.4 Å². The van der Waals surface area contributed by atoms with Crippen LogP contribution in [-0.4, -0.2) is 24.8 Å². The van der Waals surface area contributed by atoms with Gasteiger partial charge >= 0.3 is 5.97 Å². The molecule has 0 aromatic heterocycles. The minimum Gasteiger partial charge on any atom is -0.452 e. The lowest BCUT2D eigenvalue weighted by molar-refractivity contribution is -0.139. The van der Waals surface area contributed by atoms with Crippen molar-refractivity contribution in [2.24, 2.45) is 5.92 Å². The van der Waals surface area contributed by atoms with E-state index >= 15 is 0 Å². The molecule has 5 nitrogen and oxygen atoms in total. The number of allylic oxidation sites excluding steroid dienone is 1. The van der Waals surface area contributed by atoms with Gasteiger partial charge < -0.3 is 14.4 Å². The lowest BCUT2D eigenvalue weighted by Gasteiger charge is -2.20. The molecule has 168 valence electrons. The van der Waals surface area contributed by atoms with E-state index in [0.29, 0.717) is 17.1 Å². The van der Waals surface area contributed by atoms with Crippen LogP contribution in [0.1, 0.15) is 67.4 Å². The molecule has 1 heterocycles. The van der Waals surface area contributed by atoms with Gasteiger partial charge in [0.05, 0.1) is 11.5 Å². The van der Waals surface area contributed by atoms with E-state index in [2.05, 4.69) is 30.9 Å². The van der Waals surface area contributed by atoms with Crippen LogP contribution in [0.5, 0.6) is 11.5 Å². The summed E-state index contributed by atoms with van der Waals surface area (Å²) < 4.78 is 11.6. The lowest BCUT2D eigenvalue weighted by Crippen LogP contribution is -2.22. The van der Waals surface area contributed by atoms with Crippen molar-refractivity contribution >= 4 is 23.5 Å². The SMILES string of the molecule is CCN(CC)c1ccc(/C=C2\Oc3cc(OC(=O)C4CCCCC4)cc(C)c3C2=O)cc1. The number of ether oxygens (including phenoxy) is 2. The Labute approximate surface area is 190 Å². The number of carbonyl (C=O) groups is 2. The van der Waals surface area contributed by atoms with Crippen LogP contribution in [0.2, 0.25) is 0 Å². The van der Waals surface area contributed by atoms with Crippen LogP contribution in [0.25, 0.3) is 6.08 Å². The molecule has 0 amide bonds. The van der Waals surface area contributed by atoms with E-state index in [0.717, 1.165) is 55.6 Å². The fourth-order valence-electron chi connectivity index (χ4n) is 4.60. The number of carbonyl (C=O) groups excluding carboxylic acids is 2. The predicted molar refractivity (Wildman–Crippen MR) is 126 cm³/mol. The molecule has 1 fully saturated rings. The highest BCUT2D eigenvalue weighted by atomic mass is 16.5. The van der Waals surface area contributed by atoms with Gasteiger partial charge in [0.1, 0.15) is 11.5 Å². The average molecular weight is 434 g/mol. The first-order valence-electron chi connectivity index (χ1n) is 11.7. The smallest absolute Gasteiger partial charge is 0.314 e. The van der Waals surface area contributed by atoms with Crippen molar-refractivity contribution in [1.29, 1.82) is 0 Å². The van der Waals surface area contributed by atoms with Crippen LogP contribution < -0.4 is 14.4 Å². The topological polar surface area (TPSA) is 55.8 Å². The Kier molecular flexibility index (Phi) is 6.63. The van der Waals surface area contributed by atoms with Gasteiger partial charge in [-0.2, -0.15) is 0 Å². The first-order chi connectivity index (χ1) is 15.5. The van der Waals surface area contributed by atoms with Crippen LogP contribution in [0.3, 0.4) is 0 Å². The van der Waals surface area contributed by atoms with Gasteiger partial charge in [-0.25, -0.2) is 0 Å². The van der Waals surface area contributed by atoms with Crippen molar-refractivity contribution in [3.63, 3.8) is 0 Å². The number of hydrogen-bond acceptors (Lipinski definition) is 5. The maximum Gasteiger partial charge on any atom is 0.314 e. The number of benzene rings is 2. The lowest BCUT2D eigenvalue weighted by atomic mass is 9.89. The molecule has 2 aromatic carbocycles. The molecule has 32 heavy (non-hydrogen) atoms. The summed E-state index contributed by atoms with van der Waals surface area (Å²) in [6, 6.07) is 11.5. The van der Waals surface area contributed by atoms with Gasteiger partial charge in [0.15, 0.2) is 5.76 Å². The second-order valence-corrected chi connectivity index (χ2v) is 8.57. The summed E-state index contributed by atoms with van der Waals surface area (Å²) in [6.45, 7) is 8.00. The fourth-order valence-corrected chi connectivity index (χ4v) is 4.60. The van der Waals surface area contributed by atoms with Crippen LogP contribution >= 0.6 is 0 Å². The molecule has 0 bridgehead atoms. The van der Waals surface area contributed by atoms with Crippen molar-refractivity contribution < 1.29 is 19.1 Å². The highest BCUT2D eigenvalue weighted by molar-refractivity contribution is 6.15. The van der Waals surface area contributed by atoms with E-state index < -0.39 is 0 Å². The predicted octanol–water partition coefficient (Wildman–Crippen LogP) is 5.94. The van der Waals surface area contributed by atoms with Crippen LogP contribution in [0.4, 0.5) is 5.69 Å². The van der Waals surface area contributed by atoms with E-state index in [1.54, 1.807) is 18.2 Å². The molecule has 1 aliphatic heterocycles. The zero-order valence-electron chi connectivity index (χ0n) is 19.1. The zero-order valence-corrected chi connectivity index (χ0v) is 19.1. The Morgan fingerprint density at radius 1 is 1.09 bits per heavy atom. The Morgan fingerprint density at radius 2 is 1.78 bits per heavy atom. The Balaban J connectivity index is 1.51. The van der Waals surface area contributed by atoms with Crippen molar-refractivity contribution in [1.82, 2.24) is 0 Å². The number of hydrogen-bond donors (Lipinski definition) is 0. The van der Waals surface area contributed by atoms with Crippen molar-refractivity contribution in [3.05, 3.63) is 58.8 Å². The number of anilines is 1. The van der Waals surface area contributed by atoms with Gasteiger partial charge in [-0.1, -0.05) is 31.4 Å². The standard InChI is InChI=1S/C27H31NO4/c1-4-28(5-2)21-13-11-19(12-14-21)16-24-26(29)25-18(3)15-22(17-23(25)32-24)31-27(30)20-9-7-6-8-10-20/h11-17,20H,4-10H2,1-3H3/b24-16-. The molecular formula is C27H31NO4. The van der Waals surface area contributed by atoms with Gasteiger partial charge in [0.25, 0.3) is 0 Å². The molecule has 0 N–H and O–H groups in total. The maximum absolute atomic E-state index is 13.0. The maximum atomic E-state index is 13.0. The van der Waals surface area contributed by atoms with Crippen molar-refractivity contribution in [3.8, 4) is 11.5 Å². The van der Waals surface area contributed by atoms with E-state index in [1.165, 1.54) is 6.42 Å². The van der Waals surface area contributed by atoms with Gasteiger partial charge in [-0.05, 0) is 69.0 Å². The number of fused-ring (bicyclic) bond motifs is 1. The summed E-state index contributed by atoms with van der Waals surface area (Å²) >= 11 is 0. The highest BCUT2D eigenvalue weighted by Crippen LogP contribution is 2.38. The summed E-state index contributed by atoms with van der Waals surface area (Å²) in [6.07, 6.45) is 6.87. The molecule has 0 spiro atoms. The third-order valence-corrected chi connectivity index (χ3v) is 6.42. The molecule has 1 saturated carbocycles. The summed E-state index contributed by atoms with van der Waals surface area (Å²) in [7, 11) is 0. The number of aryl methyl sites for hydroxylation is 1. The van der Waals surface area contributed by atoms with E-state index in [9.17, 15) is 9.59 Å². The minimum absolute atomic E-state index is 0.0327. The molecule has 0 atom stereocenters. The summed E-state index contributed by atoms with van der Waals surface area (Å²) in [5, 5.41) is 0. The van der Waals surface area contributed by atoms with Gasteiger partial charge in [-0.15, -0.1) is 0 Å². The summed E-state index contributed by atoms with van der Waals surface area (Å²) in [5.74, 6) is 0.818. The van der Waals surface area contributed by atoms with E-state index in [1.807, 2.05) is 19.1 Å². The molecule has 4 rings (SSSR count). The Hall–Kier alpha value is -3.08. The number of Topliss-reactive ketones (excluding diaryl/α,β-unsaturated/α-hetero) is 1. The van der Waals surface area contributed by atoms with Crippen LogP contribution in [-0.2, 0) is 4.79 Å². The highest BCUT2D eigenvalue weighted by Gasteiger charge is 2.31. The second-order valence-electron chi connectivity index (χ2n) is 8.57. The van der Waals surface area contributed by atoms with Gasteiger partial charge in [0.2, 0.25) is 5.78 Å². The molecule has 5 heteroatoms. The largest absolute Gasteiger partial charge is 0.452 e. The molecule has 1 aliphatic carbocycles. The molecule has 0 saturated heterocycles. The van der Waals surface area contributed by atoms with E-state index in [4.69, 9.17) is 9.47 Å². The Morgan fingerprint density at radius 3 is 2.44 bits per heavy atom. The third kappa shape index (κ3) is 4.57. The second kappa shape index (κ2) is 9.60. The molecule has 0 radical (unpaired) electrons. The van der Waals surface area contributed by atoms with Crippen LogP contribution in [0.15, 0.2) is 42.2 Å². The monoisotopic (exact) mass is 433 g/mol. The first kappa shape index (κ1) is 22.1. The fraction of sp³-hybridized carbons (Fsp3) is 0.407. The zero-order chi connectivity index (χ0) is 22.7. The minimum atomic E-state index is -0.183. The number of rotatable bonds is 6. The number of esters is 1. The van der Waals surface area contributed by atoms with Gasteiger partial charge in [-0.3, -0.25) is 9.59 Å². The number of ketones is 1. The summed E-state index contributed by atoms with van der Waals surface area (Å²) in [5.41, 5.74) is 3.34. The van der Waals surface area contributed by atoms with Crippen molar-refractivity contribution in [2.45, 2.75) is 52.9 Å².